The Morgan fingerprint density at radius 2 is 1.33 bits per heavy atom. The van der Waals surface area contributed by atoms with Crippen molar-refractivity contribution in [3.8, 4) is 23.0 Å². The van der Waals surface area contributed by atoms with Crippen LogP contribution in [0.1, 0.15) is 11.3 Å². The fourth-order valence-electron chi connectivity index (χ4n) is 2.88. The molecule has 0 saturated carbocycles. The number of pyridine rings is 1. The Balaban J connectivity index is 0.00000126. The van der Waals surface area contributed by atoms with E-state index in [0.29, 0.717) is 29.4 Å². The second kappa shape index (κ2) is 10.2. The van der Waals surface area contributed by atoms with Gasteiger partial charge in [-0.3, -0.25) is 4.98 Å². The lowest BCUT2D eigenvalue weighted by Crippen LogP contribution is -1.97. The van der Waals surface area contributed by atoms with E-state index in [1.807, 2.05) is 47.5 Å². The molecule has 0 atom stereocenters. The summed E-state index contributed by atoms with van der Waals surface area (Å²) >= 11 is 2.15. The number of benzene rings is 2. The van der Waals surface area contributed by atoms with Crippen LogP contribution in [0.3, 0.4) is 0 Å². The number of fused-ring (bicyclic) bond motifs is 1. The quantitative estimate of drug-likeness (QED) is 0.370. The van der Waals surface area contributed by atoms with Crippen molar-refractivity contribution in [2.45, 2.75) is 6.42 Å². The summed E-state index contributed by atoms with van der Waals surface area (Å²) in [6, 6.07) is 11.8. The molecule has 0 spiro atoms. The van der Waals surface area contributed by atoms with Crippen molar-refractivity contribution in [2.75, 3.05) is 33.4 Å². The zero-order valence-corrected chi connectivity index (χ0v) is 18.4. The molecule has 0 radical (unpaired) electrons. The molecule has 3 rings (SSSR count). The van der Waals surface area contributed by atoms with Gasteiger partial charge in [-0.1, -0.05) is 28.7 Å². The summed E-state index contributed by atoms with van der Waals surface area (Å²) in [4.78, 5) is 6.53. The molecule has 6 heteroatoms. The molecule has 0 N–H and O–H groups in total. The summed E-state index contributed by atoms with van der Waals surface area (Å²) in [6.45, 7) is 0. The molecule has 2 aromatic carbocycles. The van der Waals surface area contributed by atoms with E-state index in [9.17, 15) is 0 Å². The third-order valence-electron chi connectivity index (χ3n) is 4.17. The Labute approximate surface area is 173 Å². The molecule has 0 aliphatic heterocycles. The van der Waals surface area contributed by atoms with E-state index >= 15 is 0 Å². The zero-order valence-electron chi connectivity index (χ0n) is 16.2. The highest BCUT2D eigenvalue weighted by molar-refractivity contribution is 14.1. The number of halogens is 1. The Morgan fingerprint density at radius 1 is 0.741 bits per heavy atom. The number of ether oxygens (including phenoxy) is 4. The molecule has 0 bridgehead atoms. The summed E-state index contributed by atoms with van der Waals surface area (Å²) < 4.78 is 21.5. The molecule has 0 amide bonds. The van der Waals surface area contributed by atoms with Crippen LogP contribution in [0, 0.1) is 0 Å². The van der Waals surface area contributed by atoms with Gasteiger partial charge in [0.05, 0.1) is 34.1 Å². The van der Waals surface area contributed by atoms with E-state index in [4.69, 9.17) is 18.9 Å². The van der Waals surface area contributed by atoms with Crippen LogP contribution >= 0.6 is 22.6 Å². The fourth-order valence-corrected chi connectivity index (χ4v) is 2.88. The molecular formula is C21H24INO4. The lowest BCUT2D eigenvalue weighted by molar-refractivity contribution is 0.354. The maximum Gasteiger partial charge on any atom is 0.161 e. The molecule has 1 heterocycles. The van der Waals surface area contributed by atoms with Gasteiger partial charge in [0, 0.05) is 18.0 Å². The van der Waals surface area contributed by atoms with E-state index in [-0.39, 0.29) is 0 Å². The van der Waals surface area contributed by atoms with E-state index in [2.05, 4.69) is 27.6 Å². The van der Waals surface area contributed by atoms with Gasteiger partial charge in [0.1, 0.15) is 0 Å². The normalized spacial score (nSPS) is 10.0. The molecule has 3 aromatic rings. The summed E-state index contributed by atoms with van der Waals surface area (Å²) in [5, 5.41) is 2.10. The molecule has 0 aliphatic rings. The number of hydrogen-bond acceptors (Lipinski definition) is 5. The van der Waals surface area contributed by atoms with Gasteiger partial charge < -0.3 is 18.9 Å². The molecule has 0 aliphatic carbocycles. The summed E-state index contributed by atoms with van der Waals surface area (Å²) in [5.74, 6) is 2.82. The van der Waals surface area contributed by atoms with Crippen LogP contribution in [0.5, 0.6) is 23.0 Å². The number of methoxy groups -OCH3 is 4. The van der Waals surface area contributed by atoms with Crippen molar-refractivity contribution < 1.29 is 18.9 Å². The second-order valence-corrected chi connectivity index (χ2v) is 5.55. The lowest BCUT2D eigenvalue weighted by Gasteiger charge is -2.12. The average Bonchev–Trinajstić information content (AvgIpc) is 2.74. The van der Waals surface area contributed by atoms with Crippen LogP contribution in [-0.4, -0.2) is 38.4 Å². The van der Waals surface area contributed by atoms with Gasteiger partial charge in [-0.15, -0.1) is 0 Å². The Morgan fingerprint density at radius 3 is 1.96 bits per heavy atom. The predicted octanol–water partition coefficient (Wildman–Crippen LogP) is 4.91. The van der Waals surface area contributed by atoms with E-state index in [1.54, 1.807) is 28.4 Å². The van der Waals surface area contributed by atoms with Gasteiger partial charge in [0.15, 0.2) is 23.0 Å². The largest absolute Gasteiger partial charge is 0.493 e. The van der Waals surface area contributed by atoms with Gasteiger partial charge in [0.2, 0.25) is 0 Å². The van der Waals surface area contributed by atoms with Crippen LogP contribution in [0.2, 0.25) is 0 Å². The number of rotatable bonds is 6. The van der Waals surface area contributed by atoms with E-state index in [0.717, 1.165) is 22.0 Å². The van der Waals surface area contributed by atoms with Gasteiger partial charge in [0.25, 0.3) is 0 Å². The molecule has 0 fully saturated rings. The predicted molar refractivity (Wildman–Crippen MR) is 117 cm³/mol. The highest BCUT2D eigenvalue weighted by Gasteiger charge is 2.11. The van der Waals surface area contributed by atoms with Gasteiger partial charge >= 0.3 is 0 Å². The van der Waals surface area contributed by atoms with Crippen LogP contribution < -0.4 is 18.9 Å². The first-order valence-electron chi connectivity index (χ1n) is 8.28. The maximum absolute atomic E-state index is 5.43. The van der Waals surface area contributed by atoms with Gasteiger partial charge in [-0.2, -0.15) is 0 Å². The minimum atomic E-state index is 0.674. The van der Waals surface area contributed by atoms with Crippen LogP contribution in [-0.2, 0) is 6.42 Å². The third kappa shape index (κ3) is 4.74. The summed E-state index contributed by atoms with van der Waals surface area (Å²) in [7, 11) is 6.53. The topological polar surface area (TPSA) is 49.8 Å². The molecule has 0 saturated heterocycles. The lowest BCUT2D eigenvalue weighted by atomic mass is 10.0. The Kier molecular flexibility index (Phi) is 7.97. The number of aromatic nitrogens is 1. The van der Waals surface area contributed by atoms with Crippen LogP contribution in [0.15, 0.2) is 42.6 Å². The number of hydrogen-bond donors (Lipinski definition) is 0. The van der Waals surface area contributed by atoms with Crippen molar-refractivity contribution in [1.82, 2.24) is 4.98 Å². The smallest absolute Gasteiger partial charge is 0.161 e. The third-order valence-corrected chi connectivity index (χ3v) is 4.17. The SMILES string of the molecule is CI.COc1ccc(Cc2nccc3cc(OC)c(OC)cc23)cc1OC. The van der Waals surface area contributed by atoms with Crippen LogP contribution in [0.25, 0.3) is 10.8 Å². The molecule has 144 valence electrons. The second-order valence-electron chi connectivity index (χ2n) is 5.55. The average molecular weight is 481 g/mol. The Bertz CT molecular complexity index is 899. The zero-order chi connectivity index (χ0) is 19.8. The minimum absolute atomic E-state index is 0.674. The first-order valence-corrected chi connectivity index (χ1v) is 10.4. The van der Waals surface area contributed by atoms with Crippen molar-refractivity contribution in [1.29, 1.82) is 0 Å². The van der Waals surface area contributed by atoms with Gasteiger partial charge in [-0.05, 0) is 46.2 Å². The van der Waals surface area contributed by atoms with E-state index in [1.165, 1.54) is 0 Å². The first-order chi connectivity index (χ1) is 13.2. The van der Waals surface area contributed by atoms with Crippen molar-refractivity contribution in [2.24, 2.45) is 0 Å². The summed E-state index contributed by atoms with van der Waals surface area (Å²) in [5.41, 5.74) is 2.05. The maximum atomic E-state index is 5.43. The fraction of sp³-hybridized carbons (Fsp3) is 0.286. The van der Waals surface area contributed by atoms with Crippen molar-refractivity contribution in [3.05, 3.63) is 53.9 Å². The Hall–Kier alpha value is -2.22. The highest BCUT2D eigenvalue weighted by atomic mass is 127. The molecule has 0 unspecified atom stereocenters. The monoisotopic (exact) mass is 481 g/mol. The minimum Gasteiger partial charge on any atom is -0.493 e. The van der Waals surface area contributed by atoms with Crippen molar-refractivity contribution in [3.63, 3.8) is 0 Å². The molecular weight excluding hydrogens is 457 g/mol. The molecule has 5 nitrogen and oxygen atoms in total. The summed E-state index contributed by atoms with van der Waals surface area (Å²) in [6.07, 6.45) is 2.48. The number of nitrogens with zero attached hydrogens (tertiary/aromatic N) is 1. The standard InChI is InChI=1S/C20H21NO4.CH3I/c1-22-17-6-5-13(10-18(17)23-2)9-16-15-12-20(25-4)19(24-3)11-14(15)7-8-21-16;1-2/h5-8,10-12H,9H2,1-4H3;1H3. The van der Waals surface area contributed by atoms with Crippen molar-refractivity contribution >= 4 is 33.4 Å². The highest BCUT2D eigenvalue weighted by Crippen LogP contribution is 2.34. The molecule has 27 heavy (non-hydrogen) atoms. The number of alkyl halides is 1. The van der Waals surface area contributed by atoms with E-state index < -0.39 is 0 Å². The molecule has 1 aromatic heterocycles. The first kappa shape index (κ1) is 21.1. The van der Waals surface area contributed by atoms with Crippen LogP contribution in [0.4, 0.5) is 0 Å². The van der Waals surface area contributed by atoms with Gasteiger partial charge in [-0.25, -0.2) is 0 Å².